The van der Waals surface area contributed by atoms with Crippen molar-refractivity contribution >= 4 is 5.91 Å². The first-order chi connectivity index (χ1) is 14.8. The minimum absolute atomic E-state index is 0.0813. The standard InChI is InChI=1S/C27H29NO2/c1-30-23-18-16-20(17-19-23)24-14-8-9-15-25(24)28-27(29)26(21-10-4-2-5-11-21)22-12-6-3-7-13-22/h2-7,10-13,16-19,24-26H,8-9,14-15H2,1H3,(H,28,29)/t24-,25+/m1/s1. The molecular weight excluding hydrogens is 370 g/mol. The van der Waals surface area contributed by atoms with Crippen LogP contribution in [0.5, 0.6) is 5.75 Å². The molecule has 0 saturated heterocycles. The first kappa shape index (κ1) is 20.2. The molecule has 1 saturated carbocycles. The second-order valence-electron chi connectivity index (χ2n) is 8.03. The van der Waals surface area contributed by atoms with Crippen LogP contribution in [0.15, 0.2) is 84.9 Å². The van der Waals surface area contributed by atoms with Gasteiger partial charge < -0.3 is 10.1 Å². The van der Waals surface area contributed by atoms with E-state index in [0.29, 0.717) is 5.92 Å². The Hall–Kier alpha value is -3.07. The van der Waals surface area contributed by atoms with Gasteiger partial charge in [0.2, 0.25) is 5.91 Å². The van der Waals surface area contributed by atoms with Crippen molar-refractivity contribution in [3.63, 3.8) is 0 Å². The Bertz CT molecular complexity index is 898. The van der Waals surface area contributed by atoms with E-state index in [4.69, 9.17) is 4.74 Å². The van der Waals surface area contributed by atoms with E-state index in [1.165, 1.54) is 12.0 Å². The molecule has 3 nitrogen and oxygen atoms in total. The summed E-state index contributed by atoms with van der Waals surface area (Å²) in [6.07, 6.45) is 4.46. The molecule has 4 rings (SSSR count). The molecule has 154 valence electrons. The van der Waals surface area contributed by atoms with Gasteiger partial charge in [-0.2, -0.15) is 0 Å². The maximum absolute atomic E-state index is 13.6. The van der Waals surface area contributed by atoms with Gasteiger partial charge >= 0.3 is 0 Å². The number of benzene rings is 3. The van der Waals surface area contributed by atoms with Crippen LogP contribution in [-0.4, -0.2) is 19.1 Å². The fraction of sp³-hybridized carbons (Fsp3) is 0.296. The molecule has 3 heteroatoms. The van der Waals surface area contributed by atoms with Gasteiger partial charge in [-0.15, -0.1) is 0 Å². The van der Waals surface area contributed by atoms with E-state index < -0.39 is 0 Å². The highest BCUT2D eigenvalue weighted by atomic mass is 16.5. The highest BCUT2D eigenvalue weighted by molar-refractivity contribution is 5.87. The average molecular weight is 400 g/mol. The van der Waals surface area contributed by atoms with Gasteiger partial charge in [0.15, 0.2) is 0 Å². The predicted octanol–water partition coefficient (Wildman–Crippen LogP) is 5.67. The Kier molecular flexibility index (Phi) is 6.48. The molecule has 3 aromatic rings. The quantitative estimate of drug-likeness (QED) is 0.580. The molecule has 2 atom stereocenters. The van der Waals surface area contributed by atoms with E-state index >= 15 is 0 Å². The molecule has 0 spiro atoms. The highest BCUT2D eigenvalue weighted by Crippen LogP contribution is 2.35. The predicted molar refractivity (Wildman–Crippen MR) is 121 cm³/mol. The van der Waals surface area contributed by atoms with E-state index in [2.05, 4.69) is 17.4 Å². The molecule has 0 aromatic heterocycles. The molecule has 1 fully saturated rings. The molecule has 1 amide bonds. The van der Waals surface area contributed by atoms with Gasteiger partial charge in [0, 0.05) is 12.0 Å². The summed E-state index contributed by atoms with van der Waals surface area (Å²) in [4.78, 5) is 13.6. The van der Waals surface area contributed by atoms with Crippen LogP contribution in [0.25, 0.3) is 0 Å². The van der Waals surface area contributed by atoms with Crippen molar-refractivity contribution in [1.29, 1.82) is 0 Å². The lowest BCUT2D eigenvalue weighted by atomic mass is 9.79. The van der Waals surface area contributed by atoms with Crippen LogP contribution in [0, 0.1) is 0 Å². The maximum Gasteiger partial charge on any atom is 0.232 e. The molecule has 0 radical (unpaired) electrons. The summed E-state index contributed by atoms with van der Waals surface area (Å²) >= 11 is 0. The van der Waals surface area contributed by atoms with Crippen molar-refractivity contribution in [2.75, 3.05) is 7.11 Å². The number of ether oxygens (including phenoxy) is 1. The zero-order chi connectivity index (χ0) is 20.8. The van der Waals surface area contributed by atoms with Crippen LogP contribution < -0.4 is 10.1 Å². The van der Waals surface area contributed by atoms with Crippen LogP contribution in [0.2, 0.25) is 0 Å². The smallest absolute Gasteiger partial charge is 0.232 e. The van der Waals surface area contributed by atoms with Crippen molar-refractivity contribution in [3.8, 4) is 5.75 Å². The van der Waals surface area contributed by atoms with Crippen LogP contribution in [0.3, 0.4) is 0 Å². The zero-order valence-corrected chi connectivity index (χ0v) is 17.5. The van der Waals surface area contributed by atoms with Gasteiger partial charge in [0.05, 0.1) is 13.0 Å². The summed E-state index contributed by atoms with van der Waals surface area (Å²) in [5.74, 6) is 0.979. The fourth-order valence-corrected chi connectivity index (χ4v) is 4.61. The van der Waals surface area contributed by atoms with E-state index in [1.807, 2.05) is 72.8 Å². The minimum atomic E-state index is -0.300. The van der Waals surface area contributed by atoms with Crippen LogP contribution in [0.1, 0.15) is 54.2 Å². The molecule has 3 aromatic carbocycles. The zero-order valence-electron chi connectivity index (χ0n) is 17.5. The number of hydrogen-bond donors (Lipinski definition) is 1. The summed E-state index contributed by atoms with van der Waals surface area (Å²) in [6, 6.07) is 28.6. The summed E-state index contributed by atoms with van der Waals surface area (Å²) < 4.78 is 5.31. The van der Waals surface area contributed by atoms with Gasteiger partial charge in [0.1, 0.15) is 5.75 Å². The van der Waals surface area contributed by atoms with Gasteiger partial charge in [-0.1, -0.05) is 85.6 Å². The van der Waals surface area contributed by atoms with Crippen molar-refractivity contribution < 1.29 is 9.53 Å². The molecule has 1 aliphatic rings. The van der Waals surface area contributed by atoms with E-state index in [9.17, 15) is 4.79 Å². The fourth-order valence-electron chi connectivity index (χ4n) is 4.61. The Morgan fingerprint density at radius 3 is 1.97 bits per heavy atom. The largest absolute Gasteiger partial charge is 0.497 e. The van der Waals surface area contributed by atoms with E-state index in [0.717, 1.165) is 36.1 Å². The summed E-state index contributed by atoms with van der Waals surface area (Å²) in [5.41, 5.74) is 3.33. The normalized spacial score (nSPS) is 18.7. The number of carbonyl (C=O) groups excluding carboxylic acids is 1. The van der Waals surface area contributed by atoms with Crippen LogP contribution in [-0.2, 0) is 4.79 Å². The second-order valence-corrected chi connectivity index (χ2v) is 8.03. The Morgan fingerprint density at radius 1 is 0.833 bits per heavy atom. The van der Waals surface area contributed by atoms with Gasteiger partial charge in [0.25, 0.3) is 0 Å². The Morgan fingerprint density at radius 2 is 1.40 bits per heavy atom. The van der Waals surface area contributed by atoms with Crippen molar-refractivity contribution in [3.05, 3.63) is 102 Å². The van der Waals surface area contributed by atoms with Crippen LogP contribution in [0.4, 0.5) is 0 Å². The Balaban J connectivity index is 1.58. The van der Waals surface area contributed by atoms with Crippen molar-refractivity contribution in [1.82, 2.24) is 5.32 Å². The second kappa shape index (κ2) is 9.62. The summed E-state index contributed by atoms with van der Waals surface area (Å²) in [5, 5.41) is 3.42. The monoisotopic (exact) mass is 399 g/mol. The number of hydrogen-bond acceptors (Lipinski definition) is 2. The van der Waals surface area contributed by atoms with Crippen molar-refractivity contribution in [2.45, 2.75) is 43.6 Å². The summed E-state index contributed by atoms with van der Waals surface area (Å²) in [7, 11) is 1.69. The van der Waals surface area contributed by atoms with E-state index in [-0.39, 0.29) is 17.9 Å². The van der Waals surface area contributed by atoms with Crippen LogP contribution >= 0.6 is 0 Å². The third-order valence-electron chi connectivity index (χ3n) is 6.17. The number of nitrogens with one attached hydrogen (secondary N) is 1. The number of methoxy groups -OCH3 is 1. The van der Waals surface area contributed by atoms with Gasteiger partial charge in [-0.3, -0.25) is 4.79 Å². The SMILES string of the molecule is COc1ccc([C@H]2CCCC[C@@H]2NC(=O)C(c2ccccc2)c2ccccc2)cc1. The third kappa shape index (κ3) is 4.56. The molecule has 0 aliphatic heterocycles. The number of carbonyl (C=O) groups is 1. The molecule has 1 aliphatic carbocycles. The van der Waals surface area contributed by atoms with E-state index in [1.54, 1.807) is 7.11 Å². The van der Waals surface area contributed by atoms with Gasteiger partial charge in [-0.05, 0) is 41.7 Å². The van der Waals surface area contributed by atoms with Crippen molar-refractivity contribution in [2.24, 2.45) is 0 Å². The Labute approximate surface area is 179 Å². The summed E-state index contributed by atoms with van der Waals surface area (Å²) in [6.45, 7) is 0. The lowest BCUT2D eigenvalue weighted by molar-refractivity contribution is -0.122. The molecule has 0 heterocycles. The molecule has 1 N–H and O–H groups in total. The average Bonchev–Trinajstić information content (AvgIpc) is 2.81. The maximum atomic E-state index is 13.6. The third-order valence-corrected chi connectivity index (χ3v) is 6.17. The lowest BCUT2D eigenvalue weighted by Gasteiger charge is -2.34. The number of amides is 1. The molecule has 30 heavy (non-hydrogen) atoms. The number of rotatable bonds is 6. The highest BCUT2D eigenvalue weighted by Gasteiger charge is 2.31. The van der Waals surface area contributed by atoms with Gasteiger partial charge in [-0.25, -0.2) is 0 Å². The molecule has 0 unspecified atom stereocenters. The lowest BCUT2D eigenvalue weighted by Crippen LogP contribution is -2.43. The molecular formula is C27H29NO2. The molecule has 0 bridgehead atoms. The minimum Gasteiger partial charge on any atom is -0.497 e. The topological polar surface area (TPSA) is 38.3 Å². The first-order valence-corrected chi connectivity index (χ1v) is 10.8. The first-order valence-electron chi connectivity index (χ1n) is 10.8.